The minimum absolute atomic E-state index is 0.0703. The average Bonchev–Trinajstić information content (AvgIpc) is 3.01. The topological polar surface area (TPSA) is 55.2 Å². The molecular weight excluding hydrogens is 324 g/mol. The number of nitrogens with zero attached hydrogens (tertiary/aromatic N) is 3. The van der Waals surface area contributed by atoms with Gasteiger partial charge in [-0.1, -0.05) is 30.3 Å². The van der Waals surface area contributed by atoms with Crippen LogP contribution in [0.4, 0.5) is 8.78 Å². The molecule has 1 aromatic heterocycles. The third-order valence-electron chi connectivity index (χ3n) is 4.02. The summed E-state index contributed by atoms with van der Waals surface area (Å²) in [5.74, 6) is 0. The summed E-state index contributed by atoms with van der Waals surface area (Å²) in [4.78, 5) is 0. The van der Waals surface area contributed by atoms with Gasteiger partial charge in [-0.15, -0.1) is 0 Å². The predicted molar refractivity (Wildman–Crippen MR) is 81.3 cm³/mol. The van der Waals surface area contributed by atoms with Crippen LogP contribution in [-0.4, -0.2) is 29.0 Å². The van der Waals surface area contributed by atoms with Crippen molar-refractivity contribution < 1.29 is 17.2 Å². The summed E-state index contributed by atoms with van der Waals surface area (Å²) in [6, 6.07) is 8.97. The normalized spacial score (nSPS) is 21.1. The molecule has 0 N–H and O–H groups in total. The van der Waals surface area contributed by atoms with Gasteiger partial charge in [-0.2, -0.15) is 9.40 Å². The summed E-state index contributed by atoms with van der Waals surface area (Å²) >= 11 is 0. The Bertz CT molecular complexity index is 790. The lowest BCUT2D eigenvalue weighted by molar-refractivity contribution is 0.143. The highest BCUT2D eigenvalue weighted by Gasteiger charge is 2.40. The molecule has 0 spiro atoms. The van der Waals surface area contributed by atoms with Crippen LogP contribution in [0.3, 0.4) is 0 Å². The van der Waals surface area contributed by atoms with Gasteiger partial charge in [0.05, 0.1) is 0 Å². The molecular formula is C15H17F2N3O2S. The second-order valence-corrected chi connectivity index (χ2v) is 7.70. The van der Waals surface area contributed by atoms with Crippen molar-refractivity contribution in [3.63, 3.8) is 0 Å². The monoisotopic (exact) mass is 341 g/mol. The van der Waals surface area contributed by atoms with E-state index in [1.54, 1.807) is 31.3 Å². The summed E-state index contributed by atoms with van der Waals surface area (Å²) in [6.07, 6.45) is -0.815. The number of halogens is 2. The van der Waals surface area contributed by atoms with Crippen LogP contribution in [0.1, 0.15) is 34.9 Å². The highest BCUT2D eigenvalue weighted by molar-refractivity contribution is 7.89. The molecule has 5 nitrogen and oxygen atoms in total. The molecule has 0 saturated carbocycles. The van der Waals surface area contributed by atoms with Crippen LogP contribution in [0.25, 0.3) is 0 Å². The Labute approximate surface area is 133 Å². The van der Waals surface area contributed by atoms with Crippen molar-refractivity contribution in [1.82, 2.24) is 14.1 Å². The van der Waals surface area contributed by atoms with Crippen molar-refractivity contribution in [2.24, 2.45) is 7.05 Å². The zero-order chi connectivity index (χ0) is 16.6. The quantitative estimate of drug-likeness (QED) is 0.859. The fourth-order valence-electron chi connectivity index (χ4n) is 2.94. The first kappa shape index (κ1) is 16.1. The third-order valence-corrected chi connectivity index (χ3v) is 6.28. The van der Waals surface area contributed by atoms with Crippen molar-refractivity contribution in [2.75, 3.05) is 6.54 Å². The van der Waals surface area contributed by atoms with Gasteiger partial charge in [0.1, 0.15) is 10.9 Å². The molecule has 1 aliphatic heterocycles. The Hall–Kier alpha value is -1.80. The molecule has 3 rings (SSSR count). The molecule has 8 heteroatoms. The van der Waals surface area contributed by atoms with Crippen LogP contribution in [0.2, 0.25) is 0 Å². The van der Waals surface area contributed by atoms with E-state index in [0.29, 0.717) is 13.0 Å². The summed E-state index contributed by atoms with van der Waals surface area (Å²) in [5.41, 5.74) is 0.626. The molecule has 23 heavy (non-hydrogen) atoms. The van der Waals surface area contributed by atoms with Crippen LogP contribution in [0, 0.1) is 0 Å². The molecule has 0 amide bonds. The van der Waals surface area contributed by atoms with E-state index in [9.17, 15) is 17.2 Å². The number of aromatic nitrogens is 2. The molecule has 0 bridgehead atoms. The Morgan fingerprint density at radius 2 is 2.00 bits per heavy atom. The highest BCUT2D eigenvalue weighted by Crippen LogP contribution is 2.36. The van der Waals surface area contributed by atoms with Crippen molar-refractivity contribution in [3.8, 4) is 0 Å². The van der Waals surface area contributed by atoms with Crippen molar-refractivity contribution in [3.05, 3.63) is 53.3 Å². The van der Waals surface area contributed by atoms with Crippen LogP contribution < -0.4 is 0 Å². The average molecular weight is 341 g/mol. The van der Waals surface area contributed by atoms with E-state index >= 15 is 0 Å². The van der Waals surface area contributed by atoms with Crippen molar-refractivity contribution in [1.29, 1.82) is 0 Å². The van der Waals surface area contributed by atoms with Gasteiger partial charge in [0, 0.05) is 31.9 Å². The van der Waals surface area contributed by atoms with Crippen molar-refractivity contribution >= 4 is 10.0 Å². The van der Waals surface area contributed by atoms with E-state index in [1.807, 2.05) is 6.07 Å². The lowest BCUT2D eigenvalue weighted by atomic mass is 10.1. The van der Waals surface area contributed by atoms with Gasteiger partial charge >= 0.3 is 0 Å². The molecule has 1 aliphatic rings. The minimum Gasteiger partial charge on any atom is -0.275 e. The van der Waals surface area contributed by atoms with Gasteiger partial charge in [-0.25, -0.2) is 17.2 Å². The van der Waals surface area contributed by atoms with Gasteiger partial charge in [0.2, 0.25) is 10.0 Å². The molecule has 0 aliphatic carbocycles. The van der Waals surface area contributed by atoms with E-state index in [2.05, 4.69) is 5.10 Å². The second kappa shape index (κ2) is 6.01. The first-order chi connectivity index (χ1) is 10.9. The van der Waals surface area contributed by atoms with Crippen LogP contribution in [0.15, 0.2) is 36.5 Å². The summed E-state index contributed by atoms with van der Waals surface area (Å²) in [5, 5.41) is 3.11. The number of benzene rings is 1. The maximum Gasteiger partial charge on any atom is 0.282 e. The summed E-state index contributed by atoms with van der Waals surface area (Å²) in [7, 11) is -2.02. The molecule has 0 radical (unpaired) electrons. The number of aryl methyl sites for hydroxylation is 1. The fourth-order valence-corrected chi connectivity index (χ4v) is 4.89. The number of alkyl halides is 2. The fraction of sp³-hybridized carbons (Fsp3) is 0.400. The lowest BCUT2D eigenvalue weighted by Gasteiger charge is -2.17. The Morgan fingerprint density at radius 3 is 2.65 bits per heavy atom. The zero-order valence-corrected chi connectivity index (χ0v) is 13.4. The van der Waals surface area contributed by atoms with Gasteiger partial charge in [-0.05, 0) is 12.0 Å². The van der Waals surface area contributed by atoms with Gasteiger partial charge in [0.25, 0.3) is 6.43 Å². The number of hydrogen-bond donors (Lipinski definition) is 0. The minimum atomic E-state index is -3.56. The van der Waals surface area contributed by atoms with Gasteiger partial charge < -0.3 is 0 Å². The summed E-state index contributed by atoms with van der Waals surface area (Å²) in [6.45, 7) is 0.249. The van der Waals surface area contributed by atoms with E-state index < -0.39 is 21.7 Å². The van der Waals surface area contributed by atoms with E-state index in [-0.39, 0.29) is 17.8 Å². The van der Waals surface area contributed by atoms with Gasteiger partial charge in [-0.3, -0.25) is 4.68 Å². The number of sulfonamides is 1. The number of rotatable bonds is 4. The zero-order valence-electron chi connectivity index (χ0n) is 12.6. The molecule has 1 atom stereocenters. The second-order valence-electron chi connectivity index (χ2n) is 5.58. The van der Waals surface area contributed by atoms with Crippen LogP contribution >= 0.6 is 0 Å². The molecule has 1 fully saturated rings. The van der Waals surface area contributed by atoms with E-state index in [0.717, 1.165) is 5.56 Å². The highest BCUT2D eigenvalue weighted by atomic mass is 32.2. The van der Waals surface area contributed by atoms with E-state index in [4.69, 9.17) is 0 Å². The maximum absolute atomic E-state index is 13.0. The Morgan fingerprint density at radius 1 is 1.30 bits per heavy atom. The predicted octanol–water partition coefficient (Wildman–Crippen LogP) is 2.63. The molecule has 1 aromatic carbocycles. The molecule has 2 aromatic rings. The Balaban J connectivity index is 1.86. The standard InChI is InChI=1S/C15H17F2N3O2S/c1-19-9-12(14(18-19)15(16)17)10-20-8-7-13(23(20,21)22)11-5-3-2-4-6-11/h2-6,9,13,15H,7-8,10H2,1H3. The van der Waals surface area contributed by atoms with Crippen LogP contribution in [-0.2, 0) is 23.6 Å². The van der Waals surface area contributed by atoms with Gasteiger partial charge in [0.15, 0.2) is 0 Å². The molecule has 124 valence electrons. The molecule has 1 unspecified atom stereocenters. The SMILES string of the molecule is Cn1cc(CN2CCC(c3ccccc3)S2(=O)=O)c(C(F)F)n1. The van der Waals surface area contributed by atoms with E-state index in [1.165, 1.54) is 15.2 Å². The number of hydrogen-bond acceptors (Lipinski definition) is 3. The Kier molecular flexibility index (Phi) is 4.20. The molecule has 1 saturated heterocycles. The van der Waals surface area contributed by atoms with Crippen molar-refractivity contribution in [2.45, 2.75) is 24.6 Å². The smallest absolute Gasteiger partial charge is 0.275 e. The summed E-state index contributed by atoms with van der Waals surface area (Å²) < 4.78 is 54.0. The molecule has 2 heterocycles. The largest absolute Gasteiger partial charge is 0.282 e. The van der Waals surface area contributed by atoms with Crippen LogP contribution in [0.5, 0.6) is 0 Å². The maximum atomic E-state index is 13.0. The lowest BCUT2D eigenvalue weighted by Crippen LogP contribution is -2.26. The first-order valence-electron chi connectivity index (χ1n) is 7.24. The third kappa shape index (κ3) is 3.00. The first-order valence-corrected chi connectivity index (χ1v) is 8.74.